The van der Waals surface area contributed by atoms with Crippen LogP contribution in [0.4, 0.5) is 5.82 Å². The molecule has 1 aliphatic heterocycles. The quantitative estimate of drug-likeness (QED) is 0.683. The molecule has 3 N–H and O–H groups in total. The Morgan fingerprint density at radius 1 is 1.26 bits per heavy atom. The summed E-state index contributed by atoms with van der Waals surface area (Å²) in [7, 11) is 0. The van der Waals surface area contributed by atoms with Gasteiger partial charge in [-0.2, -0.15) is 0 Å². The van der Waals surface area contributed by atoms with E-state index in [0.717, 1.165) is 37.7 Å². The fourth-order valence-corrected chi connectivity index (χ4v) is 5.70. The molecule has 2 aliphatic rings. The van der Waals surface area contributed by atoms with Gasteiger partial charge in [0.2, 0.25) is 5.91 Å². The van der Waals surface area contributed by atoms with E-state index in [1.165, 1.54) is 25.3 Å². The van der Waals surface area contributed by atoms with Crippen LogP contribution in [0.2, 0.25) is 10.0 Å². The Balaban J connectivity index is 1.68. The lowest BCUT2D eigenvalue weighted by Gasteiger charge is -2.43. The number of piperidine rings is 1. The number of amides is 1. The molecule has 1 aromatic carbocycles. The van der Waals surface area contributed by atoms with Crippen molar-refractivity contribution in [2.45, 2.75) is 52.6 Å². The number of aliphatic hydroxyl groups excluding tert-OH is 1. The fraction of sp³-hybridized carbons (Fsp3) is 0.522. The standard InChI is InChI=1S/C23H28Cl2N4O2/c1-13-4-3-5-23(13)6-8-29(9-7-23)22-18(12-30)28-20(14(2)27-22)16-10-15(21(26)31)11-17(24)19(16)25/h10-11,13,30H,3-9,12H2,1-2H3,(H2,26,31)/t13-/m1/s1. The van der Waals surface area contributed by atoms with Crippen molar-refractivity contribution in [3.8, 4) is 11.3 Å². The van der Waals surface area contributed by atoms with Crippen molar-refractivity contribution >= 4 is 34.9 Å². The molecule has 31 heavy (non-hydrogen) atoms. The van der Waals surface area contributed by atoms with Gasteiger partial charge < -0.3 is 15.7 Å². The topological polar surface area (TPSA) is 92.3 Å². The van der Waals surface area contributed by atoms with Gasteiger partial charge in [-0.1, -0.05) is 43.0 Å². The number of benzene rings is 1. The number of nitrogens with zero attached hydrogens (tertiary/aromatic N) is 3. The van der Waals surface area contributed by atoms with Crippen molar-refractivity contribution in [1.82, 2.24) is 9.97 Å². The first-order valence-electron chi connectivity index (χ1n) is 10.8. The Morgan fingerprint density at radius 3 is 2.55 bits per heavy atom. The van der Waals surface area contributed by atoms with E-state index in [0.29, 0.717) is 28.1 Å². The molecule has 8 heteroatoms. The molecule has 0 unspecified atom stereocenters. The normalized spacial score (nSPS) is 20.4. The van der Waals surface area contributed by atoms with Crippen LogP contribution in [0.25, 0.3) is 11.3 Å². The maximum Gasteiger partial charge on any atom is 0.248 e. The first kappa shape index (κ1) is 22.3. The zero-order chi connectivity index (χ0) is 22.3. The van der Waals surface area contributed by atoms with Crippen LogP contribution in [-0.4, -0.2) is 34.1 Å². The van der Waals surface area contributed by atoms with Crippen molar-refractivity contribution in [3.05, 3.63) is 39.1 Å². The van der Waals surface area contributed by atoms with E-state index < -0.39 is 5.91 Å². The van der Waals surface area contributed by atoms with Gasteiger partial charge >= 0.3 is 0 Å². The molecule has 1 spiro atoms. The molecule has 2 heterocycles. The van der Waals surface area contributed by atoms with E-state index in [1.54, 1.807) is 6.07 Å². The first-order valence-corrected chi connectivity index (χ1v) is 11.5. The van der Waals surface area contributed by atoms with Gasteiger partial charge in [0.25, 0.3) is 0 Å². The second kappa shape index (κ2) is 8.57. The Labute approximate surface area is 192 Å². The summed E-state index contributed by atoms with van der Waals surface area (Å²) in [5.74, 6) is 0.886. The maximum atomic E-state index is 11.7. The van der Waals surface area contributed by atoms with E-state index in [-0.39, 0.29) is 22.2 Å². The Bertz CT molecular complexity index is 1020. The van der Waals surface area contributed by atoms with Gasteiger partial charge in [0.15, 0.2) is 5.82 Å². The number of rotatable bonds is 4. The number of aromatic nitrogens is 2. The van der Waals surface area contributed by atoms with Crippen LogP contribution in [0.5, 0.6) is 0 Å². The van der Waals surface area contributed by atoms with Gasteiger partial charge in [-0.3, -0.25) is 4.79 Å². The zero-order valence-corrected chi connectivity index (χ0v) is 19.4. The van der Waals surface area contributed by atoms with E-state index in [9.17, 15) is 9.90 Å². The number of hydrogen-bond acceptors (Lipinski definition) is 5. The smallest absolute Gasteiger partial charge is 0.248 e. The van der Waals surface area contributed by atoms with Gasteiger partial charge in [0.05, 0.1) is 28.0 Å². The highest BCUT2D eigenvalue weighted by Crippen LogP contribution is 2.50. The summed E-state index contributed by atoms with van der Waals surface area (Å²) < 4.78 is 0. The molecule has 1 saturated heterocycles. The van der Waals surface area contributed by atoms with Gasteiger partial charge in [-0.05, 0) is 49.7 Å². The van der Waals surface area contributed by atoms with E-state index in [4.69, 9.17) is 38.9 Å². The average molecular weight is 463 g/mol. The summed E-state index contributed by atoms with van der Waals surface area (Å²) in [5, 5.41) is 10.6. The number of primary amides is 1. The highest BCUT2D eigenvalue weighted by Gasteiger charge is 2.42. The number of halogens is 2. The summed E-state index contributed by atoms with van der Waals surface area (Å²) >= 11 is 12.6. The average Bonchev–Trinajstić information content (AvgIpc) is 3.10. The van der Waals surface area contributed by atoms with Crippen molar-refractivity contribution in [3.63, 3.8) is 0 Å². The highest BCUT2D eigenvalue weighted by molar-refractivity contribution is 6.44. The van der Waals surface area contributed by atoms with Crippen LogP contribution in [0, 0.1) is 18.3 Å². The second-order valence-corrected chi connectivity index (χ2v) is 9.70. The molecule has 1 aromatic heterocycles. The SMILES string of the molecule is Cc1nc(N2CCC3(CCC[C@H]3C)CC2)c(CO)nc1-c1cc(C(N)=O)cc(Cl)c1Cl. The number of carbonyl (C=O) groups excluding carboxylic acids is 1. The van der Waals surface area contributed by atoms with Crippen LogP contribution in [0.15, 0.2) is 12.1 Å². The molecule has 0 radical (unpaired) electrons. The summed E-state index contributed by atoms with van der Waals surface area (Å²) in [4.78, 5) is 23.4. The van der Waals surface area contributed by atoms with E-state index >= 15 is 0 Å². The van der Waals surface area contributed by atoms with Crippen molar-refractivity contribution in [2.75, 3.05) is 18.0 Å². The largest absolute Gasteiger partial charge is 0.390 e. The monoisotopic (exact) mass is 462 g/mol. The number of nitrogens with two attached hydrogens (primary N) is 1. The lowest BCUT2D eigenvalue weighted by molar-refractivity contribution is 0.100. The minimum atomic E-state index is -0.604. The van der Waals surface area contributed by atoms with Crippen LogP contribution < -0.4 is 10.6 Å². The summed E-state index contributed by atoms with van der Waals surface area (Å²) in [6, 6.07) is 3.01. The molecular formula is C23H28Cl2N4O2. The third kappa shape index (κ3) is 4.01. The lowest BCUT2D eigenvalue weighted by Crippen LogP contribution is -2.42. The van der Waals surface area contributed by atoms with Crippen LogP contribution in [0.3, 0.4) is 0 Å². The number of carbonyl (C=O) groups is 1. The van der Waals surface area contributed by atoms with Crippen LogP contribution in [0.1, 0.15) is 60.8 Å². The second-order valence-electron chi connectivity index (χ2n) is 8.91. The number of hydrogen-bond donors (Lipinski definition) is 2. The highest BCUT2D eigenvalue weighted by atomic mass is 35.5. The van der Waals surface area contributed by atoms with E-state index in [1.807, 2.05) is 6.92 Å². The third-order valence-electron chi connectivity index (χ3n) is 7.25. The van der Waals surface area contributed by atoms with Gasteiger partial charge in [-0.15, -0.1) is 0 Å². The van der Waals surface area contributed by atoms with Crippen molar-refractivity contribution in [1.29, 1.82) is 0 Å². The Kier molecular flexibility index (Phi) is 6.16. The zero-order valence-electron chi connectivity index (χ0n) is 17.9. The van der Waals surface area contributed by atoms with Crippen LogP contribution in [-0.2, 0) is 6.61 Å². The minimum absolute atomic E-state index is 0.218. The van der Waals surface area contributed by atoms with Gasteiger partial charge in [0.1, 0.15) is 5.69 Å². The predicted octanol–water partition coefficient (Wildman–Crippen LogP) is 4.76. The van der Waals surface area contributed by atoms with Crippen LogP contribution >= 0.6 is 23.2 Å². The summed E-state index contributed by atoms with van der Waals surface area (Å²) in [5.41, 5.74) is 8.24. The minimum Gasteiger partial charge on any atom is -0.390 e. The molecule has 4 rings (SSSR count). The van der Waals surface area contributed by atoms with Gasteiger partial charge in [-0.25, -0.2) is 9.97 Å². The Hall–Kier alpha value is -1.89. The summed E-state index contributed by atoms with van der Waals surface area (Å²) in [6.07, 6.45) is 6.24. The number of aliphatic hydroxyl groups is 1. The lowest BCUT2D eigenvalue weighted by atomic mass is 9.71. The molecular weight excluding hydrogens is 435 g/mol. The first-order chi connectivity index (χ1) is 14.8. The molecule has 6 nitrogen and oxygen atoms in total. The summed E-state index contributed by atoms with van der Waals surface area (Å²) in [6.45, 7) is 5.81. The molecule has 0 bridgehead atoms. The molecule has 2 fully saturated rings. The number of anilines is 1. The molecule has 2 aromatic rings. The number of aryl methyl sites for hydroxylation is 1. The molecule has 1 saturated carbocycles. The fourth-order valence-electron chi connectivity index (χ4n) is 5.28. The third-order valence-corrected chi connectivity index (χ3v) is 8.06. The molecule has 1 aliphatic carbocycles. The van der Waals surface area contributed by atoms with E-state index in [2.05, 4.69) is 11.8 Å². The predicted molar refractivity (Wildman–Crippen MR) is 124 cm³/mol. The molecule has 1 atom stereocenters. The van der Waals surface area contributed by atoms with Gasteiger partial charge in [0, 0.05) is 24.2 Å². The van der Waals surface area contributed by atoms with Crippen molar-refractivity contribution in [2.24, 2.45) is 17.1 Å². The van der Waals surface area contributed by atoms with Crippen molar-refractivity contribution < 1.29 is 9.90 Å². The maximum absolute atomic E-state index is 11.7. The molecule has 166 valence electrons. The Morgan fingerprint density at radius 2 is 1.97 bits per heavy atom. The molecule has 1 amide bonds.